The third-order valence-corrected chi connectivity index (χ3v) is 3.63. The van der Waals surface area contributed by atoms with Gasteiger partial charge in [0.2, 0.25) is 0 Å². The zero-order chi connectivity index (χ0) is 13.1. The number of rotatable bonds is 4. The number of benzene rings is 1. The van der Waals surface area contributed by atoms with Crippen molar-refractivity contribution in [1.82, 2.24) is 9.78 Å². The van der Waals surface area contributed by atoms with Crippen molar-refractivity contribution in [3.8, 4) is 0 Å². The Morgan fingerprint density at radius 1 is 1.17 bits per heavy atom. The number of aryl methyl sites for hydroxylation is 1. The van der Waals surface area contributed by atoms with Gasteiger partial charge in [0, 0.05) is 0 Å². The van der Waals surface area contributed by atoms with Gasteiger partial charge in [0.1, 0.15) is 0 Å². The average molecular weight is 264 g/mol. The van der Waals surface area contributed by atoms with Gasteiger partial charge in [-0.05, 0) is 37.9 Å². The molecular formula is C14H18ClN3. The number of hydrogen-bond donors (Lipinski definition) is 1. The van der Waals surface area contributed by atoms with Gasteiger partial charge in [-0.1, -0.05) is 35.9 Å². The Balaban J connectivity index is 2.15. The van der Waals surface area contributed by atoms with Crippen molar-refractivity contribution in [3.05, 3.63) is 51.8 Å². The van der Waals surface area contributed by atoms with Crippen LogP contribution >= 0.6 is 11.6 Å². The van der Waals surface area contributed by atoms with Gasteiger partial charge >= 0.3 is 0 Å². The Labute approximate surface area is 113 Å². The van der Waals surface area contributed by atoms with E-state index in [4.69, 9.17) is 17.3 Å². The average Bonchev–Trinajstić information content (AvgIpc) is 2.60. The largest absolute Gasteiger partial charge is 0.330 e. The first-order valence-electron chi connectivity index (χ1n) is 6.09. The smallest absolute Gasteiger partial charge is 0.0844 e. The molecule has 3 nitrogen and oxygen atoms in total. The molecule has 2 N–H and O–H groups in total. The molecule has 18 heavy (non-hydrogen) atoms. The summed E-state index contributed by atoms with van der Waals surface area (Å²) in [6.45, 7) is 5.36. The fourth-order valence-electron chi connectivity index (χ4n) is 1.98. The molecule has 0 saturated carbocycles. The summed E-state index contributed by atoms with van der Waals surface area (Å²) in [4.78, 5) is 0. The Hall–Kier alpha value is -1.32. The highest BCUT2D eigenvalue weighted by atomic mass is 35.5. The van der Waals surface area contributed by atoms with Crippen LogP contribution in [0.4, 0.5) is 0 Å². The molecule has 0 saturated heterocycles. The first kappa shape index (κ1) is 13.1. The predicted molar refractivity (Wildman–Crippen MR) is 75.0 cm³/mol. The minimum atomic E-state index is 0.687. The molecule has 1 aromatic heterocycles. The molecule has 0 spiro atoms. The molecule has 2 aromatic rings. The fourth-order valence-corrected chi connectivity index (χ4v) is 2.12. The second-order valence-corrected chi connectivity index (χ2v) is 4.88. The Morgan fingerprint density at radius 3 is 2.28 bits per heavy atom. The molecule has 0 radical (unpaired) electrons. The van der Waals surface area contributed by atoms with Crippen molar-refractivity contribution in [1.29, 1.82) is 0 Å². The maximum atomic E-state index is 6.13. The van der Waals surface area contributed by atoms with E-state index in [9.17, 15) is 0 Å². The summed E-state index contributed by atoms with van der Waals surface area (Å²) in [6.07, 6.45) is 0.923. The summed E-state index contributed by atoms with van der Waals surface area (Å²) in [7, 11) is 0. The van der Waals surface area contributed by atoms with Gasteiger partial charge in [-0.2, -0.15) is 5.10 Å². The van der Waals surface area contributed by atoms with Crippen LogP contribution in [0.25, 0.3) is 0 Å². The van der Waals surface area contributed by atoms with E-state index in [1.165, 1.54) is 11.1 Å². The Kier molecular flexibility index (Phi) is 4.04. The van der Waals surface area contributed by atoms with E-state index in [1.807, 2.05) is 18.5 Å². The van der Waals surface area contributed by atoms with Crippen molar-refractivity contribution >= 4 is 11.6 Å². The molecule has 0 amide bonds. The van der Waals surface area contributed by atoms with Crippen molar-refractivity contribution in [3.63, 3.8) is 0 Å². The lowest BCUT2D eigenvalue weighted by atomic mass is 10.1. The van der Waals surface area contributed by atoms with E-state index in [0.717, 1.165) is 29.4 Å². The van der Waals surface area contributed by atoms with Gasteiger partial charge in [-0.3, -0.25) is 4.68 Å². The van der Waals surface area contributed by atoms with Crippen LogP contribution in [0.3, 0.4) is 0 Å². The SMILES string of the molecule is Cc1nn(Cc2ccc(CCN)cc2)c(C)c1Cl. The maximum absolute atomic E-state index is 6.13. The lowest BCUT2D eigenvalue weighted by Crippen LogP contribution is -2.05. The van der Waals surface area contributed by atoms with Gasteiger partial charge in [-0.15, -0.1) is 0 Å². The van der Waals surface area contributed by atoms with Gasteiger partial charge in [0.25, 0.3) is 0 Å². The topological polar surface area (TPSA) is 43.8 Å². The molecule has 0 bridgehead atoms. The lowest BCUT2D eigenvalue weighted by Gasteiger charge is -2.06. The molecule has 0 unspecified atom stereocenters. The fraction of sp³-hybridized carbons (Fsp3) is 0.357. The summed E-state index contributed by atoms with van der Waals surface area (Å²) in [5.41, 5.74) is 9.92. The third kappa shape index (κ3) is 2.74. The highest BCUT2D eigenvalue weighted by molar-refractivity contribution is 6.31. The highest BCUT2D eigenvalue weighted by Gasteiger charge is 2.09. The molecule has 1 aromatic carbocycles. The van der Waals surface area contributed by atoms with Crippen LogP contribution in [-0.2, 0) is 13.0 Å². The molecule has 0 aliphatic heterocycles. The van der Waals surface area contributed by atoms with E-state index >= 15 is 0 Å². The summed E-state index contributed by atoms with van der Waals surface area (Å²) in [5.74, 6) is 0. The first-order valence-corrected chi connectivity index (χ1v) is 6.47. The van der Waals surface area contributed by atoms with Gasteiger partial charge in [0.15, 0.2) is 0 Å². The van der Waals surface area contributed by atoms with E-state index in [0.29, 0.717) is 6.54 Å². The van der Waals surface area contributed by atoms with E-state index in [2.05, 4.69) is 29.4 Å². The zero-order valence-corrected chi connectivity index (χ0v) is 11.5. The maximum Gasteiger partial charge on any atom is 0.0844 e. The van der Waals surface area contributed by atoms with Gasteiger partial charge in [-0.25, -0.2) is 0 Å². The number of hydrogen-bond acceptors (Lipinski definition) is 2. The third-order valence-electron chi connectivity index (χ3n) is 3.08. The second kappa shape index (κ2) is 5.55. The second-order valence-electron chi connectivity index (χ2n) is 4.50. The first-order chi connectivity index (χ1) is 8.61. The molecule has 4 heteroatoms. The Morgan fingerprint density at radius 2 is 1.78 bits per heavy atom. The van der Waals surface area contributed by atoms with E-state index in [-0.39, 0.29) is 0 Å². The molecule has 0 aliphatic carbocycles. The molecule has 2 rings (SSSR count). The monoisotopic (exact) mass is 263 g/mol. The quantitative estimate of drug-likeness (QED) is 0.922. The van der Waals surface area contributed by atoms with Gasteiger partial charge in [0.05, 0.1) is 23.0 Å². The van der Waals surface area contributed by atoms with Crippen LogP contribution in [0.2, 0.25) is 5.02 Å². The zero-order valence-electron chi connectivity index (χ0n) is 10.8. The lowest BCUT2D eigenvalue weighted by molar-refractivity contribution is 0.659. The Bertz CT molecular complexity index is 529. The van der Waals surface area contributed by atoms with Crippen LogP contribution in [0.1, 0.15) is 22.5 Å². The number of halogens is 1. The van der Waals surface area contributed by atoms with Crippen molar-refractivity contribution in [2.75, 3.05) is 6.54 Å². The van der Waals surface area contributed by atoms with Crippen molar-refractivity contribution in [2.24, 2.45) is 5.73 Å². The van der Waals surface area contributed by atoms with E-state index in [1.54, 1.807) is 0 Å². The van der Waals surface area contributed by atoms with Crippen LogP contribution in [0.5, 0.6) is 0 Å². The van der Waals surface area contributed by atoms with Crippen LogP contribution in [-0.4, -0.2) is 16.3 Å². The standard InChI is InChI=1S/C14H18ClN3/c1-10-14(15)11(2)18(17-10)9-13-5-3-12(4-6-13)7-8-16/h3-6H,7-9,16H2,1-2H3. The predicted octanol–water partition coefficient (Wildman–Crippen LogP) is 2.70. The summed E-state index contributed by atoms with van der Waals surface area (Å²) in [6, 6.07) is 8.48. The molecule has 0 fully saturated rings. The summed E-state index contributed by atoms with van der Waals surface area (Å²) in [5, 5.41) is 5.19. The van der Waals surface area contributed by atoms with E-state index < -0.39 is 0 Å². The molecule has 96 valence electrons. The molecule has 1 heterocycles. The highest BCUT2D eigenvalue weighted by Crippen LogP contribution is 2.19. The molecular weight excluding hydrogens is 246 g/mol. The van der Waals surface area contributed by atoms with Gasteiger partial charge < -0.3 is 5.73 Å². The summed E-state index contributed by atoms with van der Waals surface area (Å²) < 4.78 is 1.94. The molecule has 0 atom stereocenters. The molecule has 0 aliphatic rings. The van der Waals surface area contributed by atoms with Crippen molar-refractivity contribution < 1.29 is 0 Å². The number of aromatic nitrogens is 2. The van der Waals surface area contributed by atoms with Crippen LogP contribution in [0.15, 0.2) is 24.3 Å². The van der Waals surface area contributed by atoms with Crippen molar-refractivity contribution in [2.45, 2.75) is 26.8 Å². The summed E-state index contributed by atoms with van der Waals surface area (Å²) >= 11 is 6.13. The minimum Gasteiger partial charge on any atom is -0.330 e. The minimum absolute atomic E-state index is 0.687. The van der Waals surface area contributed by atoms with Crippen LogP contribution in [0, 0.1) is 13.8 Å². The van der Waals surface area contributed by atoms with Crippen LogP contribution < -0.4 is 5.73 Å². The number of nitrogens with zero attached hydrogens (tertiary/aromatic N) is 2. The normalized spacial score (nSPS) is 10.9. The number of nitrogens with two attached hydrogens (primary N) is 1.